The summed E-state index contributed by atoms with van der Waals surface area (Å²) < 4.78 is 7.00. The van der Waals surface area contributed by atoms with Crippen molar-refractivity contribution in [2.24, 2.45) is 5.92 Å². The van der Waals surface area contributed by atoms with Gasteiger partial charge in [0.05, 0.1) is 12.8 Å². The first kappa shape index (κ1) is 15.1. The third kappa shape index (κ3) is 3.84. The number of ether oxygens (including phenoxy) is 1. The summed E-state index contributed by atoms with van der Waals surface area (Å²) in [7, 11) is 1.65. The molecule has 0 radical (unpaired) electrons. The first-order valence-corrected chi connectivity index (χ1v) is 7.23. The van der Waals surface area contributed by atoms with Gasteiger partial charge in [0.2, 0.25) is 5.43 Å². The van der Waals surface area contributed by atoms with Crippen molar-refractivity contribution in [1.82, 2.24) is 9.47 Å². The quantitative estimate of drug-likeness (QED) is 0.886. The van der Waals surface area contributed by atoms with E-state index in [0.717, 1.165) is 25.3 Å². The summed E-state index contributed by atoms with van der Waals surface area (Å²) in [6.07, 6.45) is 4.01. The number of likely N-dealkylation sites (tertiary alicyclic amines) is 1. The van der Waals surface area contributed by atoms with E-state index in [4.69, 9.17) is 4.74 Å². The first-order valence-electron chi connectivity index (χ1n) is 7.23. The smallest absolute Gasteiger partial charge is 0.223 e. The molecular weight excluding hydrogens is 256 g/mol. The Bertz CT molecular complexity index is 498. The van der Waals surface area contributed by atoms with Crippen LogP contribution in [-0.4, -0.2) is 41.4 Å². The normalized spacial score (nSPS) is 20.2. The topological polar surface area (TPSA) is 54.7 Å². The van der Waals surface area contributed by atoms with Crippen molar-refractivity contribution < 1.29 is 9.84 Å². The minimum Gasteiger partial charge on any atom is -0.503 e. The number of methoxy groups -OCH3 is 1. The van der Waals surface area contributed by atoms with Crippen molar-refractivity contribution in [2.45, 2.75) is 32.9 Å². The SMILES string of the molecule is COCCn1cc(O)c(=O)cc1CN1CCCC(C)C1. The van der Waals surface area contributed by atoms with E-state index in [1.165, 1.54) is 19.0 Å². The van der Waals surface area contributed by atoms with Gasteiger partial charge in [0, 0.05) is 38.5 Å². The largest absolute Gasteiger partial charge is 0.503 e. The van der Waals surface area contributed by atoms with E-state index in [2.05, 4.69) is 11.8 Å². The summed E-state index contributed by atoms with van der Waals surface area (Å²) in [5.41, 5.74) is 0.637. The highest BCUT2D eigenvalue weighted by atomic mass is 16.5. The van der Waals surface area contributed by atoms with Crippen molar-refractivity contribution >= 4 is 0 Å². The van der Waals surface area contributed by atoms with E-state index in [9.17, 15) is 9.90 Å². The Hall–Kier alpha value is -1.33. The van der Waals surface area contributed by atoms with Gasteiger partial charge in [-0.3, -0.25) is 9.69 Å². The molecule has 0 saturated carbocycles. The van der Waals surface area contributed by atoms with Crippen molar-refractivity contribution in [2.75, 3.05) is 26.8 Å². The molecule has 0 aromatic carbocycles. The molecule has 1 atom stereocenters. The molecule has 2 heterocycles. The lowest BCUT2D eigenvalue weighted by Crippen LogP contribution is -2.35. The Labute approximate surface area is 119 Å². The van der Waals surface area contributed by atoms with E-state index in [-0.39, 0.29) is 11.2 Å². The van der Waals surface area contributed by atoms with E-state index >= 15 is 0 Å². The van der Waals surface area contributed by atoms with Gasteiger partial charge in [-0.25, -0.2) is 0 Å². The zero-order valence-electron chi connectivity index (χ0n) is 12.3. The van der Waals surface area contributed by atoms with Crippen LogP contribution in [0.5, 0.6) is 5.75 Å². The van der Waals surface area contributed by atoms with Gasteiger partial charge in [0.25, 0.3) is 0 Å². The zero-order chi connectivity index (χ0) is 14.5. The molecular formula is C15H24N2O3. The standard InChI is InChI=1S/C15H24N2O3/c1-12-4-3-5-16(9-12)10-13-8-14(18)15(19)11-17(13)6-7-20-2/h8,11-12,19H,3-7,9-10H2,1-2H3. The van der Waals surface area contributed by atoms with Crippen LogP contribution in [0.4, 0.5) is 0 Å². The van der Waals surface area contributed by atoms with Gasteiger partial charge in [-0.2, -0.15) is 0 Å². The number of hydrogen-bond donors (Lipinski definition) is 1. The van der Waals surface area contributed by atoms with Crippen LogP contribution in [0.15, 0.2) is 17.1 Å². The van der Waals surface area contributed by atoms with E-state index in [0.29, 0.717) is 19.1 Å². The molecule has 0 amide bonds. The Morgan fingerprint density at radius 3 is 3.00 bits per heavy atom. The highest BCUT2D eigenvalue weighted by Crippen LogP contribution is 2.18. The average molecular weight is 280 g/mol. The number of piperidine rings is 1. The number of rotatable bonds is 5. The maximum atomic E-state index is 11.7. The molecule has 1 saturated heterocycles. The lowest BCUT2D eigenvalue weighted by molar-refractivity contribution is 0.165. The third-order valence-corrected chi connectivity index (χ3v) is 3.86. The number of aromatic nitrogens is 1. The van der Waals surface area contributed by atoms with Crippen LogP contribution in [0.25, 0.3) is 0 Å². The van der Waals surface area contributed by atoms with Crippen LogP contribution in [0.2, 0.25) is 0 Å². The minimum absolute atomic E-state index is 0.197. The van der Waals surface area contributed by atoms with E-state index in [1.54, 1.807) is 13.2 Å². The summed E-state index contributed by atoms with van der Waals surface area (Å²) in [5.74, 6) is 0.511. The van der Waals surface area contributed by atoms with Gasteiger partial charge in [0.1, 0.15) is 0 Å². The highest BCUT2D eigenvalue weighted by molar-refractivity contribution is 5.20. The Kier molecular flexibility index (Phi) is 5.20. The van der Waals surface area contributed by atoms with Crippen molar-refractivity contribution in [1.29, 1.82) is 0 Å². The Morgan fingerprint density at radius 2 is 2.30 bits per heavy atom. The predicted molar refractivity (Wildman–Crippen MR) is 77.9 cm³/mol. The summed E-state index contributed by atoms with van der Waals surface area (Å²) in [5, 5.41) is 9.58. The molecule has 1 fully saturated rings. The molecule has 1 unspecified atom stereocenters. The van der Waals surface area contributed by atoms with E-state index < -0.39 is 0 Å². The second-order valence-electron chi connectivity index (χ2n) is 5.68. The Balaban J connectivity index is 2.15. The molecule has 0 bridgehead atoms. The first-order chi connectivity index (χ1) is 9.60. The minimum atomic E-state index is -0.307. The lowest BCUT2D eigenvalue weighted by Gasteiger charge is -2.31. The molecule has 5 nitrogen and oxygen atoms in total. The number of pyridine rings is 1. The monoisotopic (exact) mass is 280 g/mol. The molecule has 1 aromatic heterocycles. The molecule has 0 aliphatic carbocycles. The van der Waals surface area contributed by atoms with Gasteiger partial charge in [-0.15, -0.1) is 0 Å². The summed E-state index contributed by atoms with van der Waals surface area (Å²) in [4.78, 5) is 14.0. The zero-order valence-corrected chi connectivity index (χ0v) is 12.3. The fraction of sp³-hybridized carbons (Fsp3) is 0.667. The van der Waals surface area contributed by atoms with Gasteiger partial charge in [0.15, 0.2) is 5.75 Å². The van der Waals surface area contributed by atoms with Gasteiger partial charge < -0.3 is 14.4 Å². The fourth-order valence-electron chi connectivity index (χ4n) is 2.80. The van der Waals surface area contributed by atoms with Crippen LogP contribution in [-0.2, 0) is 17.8 Å². The molecule has 1 aliphatic rings. The van der Waals surface area contributed by atoms with Gasteiger partial charge >= 0.3 is 0 Å². The van der Waals surface area contributed by atoms with Crippen molar-refractivity contribution in [3.05, 3.63) is 28.2 Å². The van der Waals surface area contributed by atoms with Crippen LogP contribution in [0.3, 0.4) is 0 Å². The van der Waals surface area contributed by atoms with Crippen molar-refractivity contribution in [3.8, 4) is 5.75 Å². The summed E-state index contributed by atoms with van der Waals surface area (Å²) in [6, 6.07) is 1.55. The number of hydrogen-bond acceptors (Lipinski definition) is 4. The highest BCUT2D eigenvalue weighted by Gasteiger charge is 2.18. The lowest BCUT2D eigenvalue weighted by atomic mass is 10.0. The second kappa shape index (κ2) is 6.90. The second-order valence-corrected chi connectivity index (χ2v) is 5.68. The summed E-state index contributed by atoms with van der Waals surface area (Å²) in [6.45, 7) is 6.36. The molecule has 0 spiro atoms. The molecule has 5 heteroatoms. The predicted octanol–water partition coefficient (Wildman–Crippen LogP) is 1.43. The molecule has 1 N–H and O–H groups in total. The average Bonchev–Trinajstić information content (AvgIpc) is 2.41. The third-order valence-electron chi connectivity index (χ3n) is 3.86. The van der Waals surface area contributed by atoms with Gasteiger partial charge in [-0.1, -0.05) is 6.92 Å². The van der Waals surface area contributed by atoms with E-state index in [1.807, 2.05) is 4.57 Å². The number of nitrogens with zero attached hydrogens (tertiary/aromatic N) is 2. The fourth-order valence-corrected chi connectivity index (χ4v) is 2.80. The van der Waals surface area contributed by atoms with Crippen LogP contribution < -0.4 is 5.43 Å². The van der Waals surface area contributed by atoms with Crippen LogP contribution in [0, 0.1) is 5.92 Å². The molecule has 1 aliphatic heterocycles. The number of aromatic hydroxyl groups is 1. The van der Waals surface area contributed by atoms with Crippen LogP contribution in [0.1, 0.15) is 25.5 Å². The maximum absolute atomic E-state index is 11.7. The molecule has 20 heavy (non-hydrogen) atoms. The Morgan fingerprint density at radius 1 is 1.50 bits per heavy atom. The van der Waals surface area contributed by atoms with Crippen molar-refractivity contribution in [3.63, 3.8) is 0 Å². The maximum Gasteiger partial charge on any atom is 0.223 e. The van der Waals surface area contributed by atoms with Gasteiger partial charge in [-0.05, 0) is 25.3 Å². The van der Waals surface area contributed by atoms with Crippen LogP contribution >= 0.6 is 0 Å². The molecule has 112 valence electrons. The molecule has 1 aromatic rings. The summed E-state index contributed by atoms with van der Waals surface area (Å²) >= 11 is 0. The molecule has 2 rings (SSSR count).